The summed E-state index contributed by atoms with van der Waals surface area (Å²) in [5, 5.41) is 8.07. The zero-order valence-electron chi connectivity index (χ0n) is 7.46. The molecule has 0 aromatic carbocycles. The van der Waals surface area contributed by atoms with Crippen molar-refractivity contribution in [2.45, 2.75) is 31.6 Å². The number of hydrogen-bond acceptors (Lipinski definition) is 1. The first-order valence-electron chi connectivity index (χ1n) is 3.51. The first kappa shape index (κ1) is 15.1. The Morgan fingerprint density at radius 1 is 1.08 bits per heavy atom. The van der Waals surface area contributed by atoms with Gasteiger partial charge < -0.3 is 5.11 Å². The lowest BCUT2D eigenvalue weighted by Gasteiger charge is -2.18. The van der Waals surface area contributed by atoms with Crippen LogP contribution in [-0.2, 0) is 0 Å². The molecule has 13 heavy (non-hydrogen) atoms. The molecule has 0 aliphatic rings. The van der Waals surface area contributed by atoms with Crippen molar-refractivity contribution in [3.63, 3.8) is 0 Å². The summed E-state index contributed by atoms with van der Waals surface area (Å²) < 4.78 is 58.0. The fraction of sp³-hybridized carbons (Fsp3) is 1.00. The van der Waals surface area contributed by atoms with Gasteiger partial charge in [-0.3, -0.25) is 4.39 Å². The fourth-order valence-corrected chi connectivity index (χ4v) is 0.706. The number of hydrogen-bond donors (Lipinski definition) is 1. The molecule has 0 aliphatic heterocycles. The van der Waals surface area contributed by atoms with Gasteiger partial charge in [0.2, 0.25) is 0 Å². The molecular weight excluding hydrogens is 195 g/mol. The van der Waals surface area contributed by atoms with Crippen molar-refractivity contribution in [1.29, 1.82) is 0 Å². The lowest BCUT2D eigenvalue weighted by molar-refractivity contribution is -0.109. The standard InChI is InChI=1S/C6H10F4O.CH3F/c1-5(7,8)4-6(9,10)2-3-11;1-2/h11H,2-4H2,1H3;1H3. The highest BCUT2D eigenvalue weighted by molar-refractivity contribution is 4.73. The molecule has 0 aliphatic carbocycles. The zero-order chi connectivity index (χ0) is 11.1. The van der Waals surface area contributed by atoms with Gasteiger partial charge in [-0.15, -0.1) is 0 Å². The average molecular weight is 208 g/mol. The Morgan fingerprint density at radius 3 is 1.69 bits per heavy atom. The summed E-state index contributed by atoms with van der Waals surface area (Å²) in [5.41, 5.74) is 0. The highest BCUT2D eigenvalue weighted by atomic mass is 19.3. The molecule has 0 saturated carbocycles. The van der Waals surface area contributed by atoms with Crippen LogP contribution in [0.25, 0.3) is 0 Å². The summed E-state index contributed by atoms with van der Waals surface area (Å²) in [6.45, 7) is -0.346. The van der Waals surface area contributed by atoms with Gasteiger partial charge in [0.1, 0.15) is 0 Å². The van der Waals surface area contributed by atoms with Crippen molar-refractivity contribution in [1.82, 2.24) is 0 Å². The van der Waals surface area contributed by atoms with Gasteiger partial charge in [0, 0.05) is 13.0 Å². The van der Waals surface area contributed by atoms with E-state index < -0.39 is 31.3 Å². The molecule has 0 aromatic heterocycles. The highest BCUT2D eigenvalue weighted by Crippen LogP contribution is 2.31. The molecule has 1 N–H and O–H groups in total. The quantitative estimate of drug-likeness (QED) is 0.704. The number of rotatable bonds is 4. The molecule has 0 heterocycles. The molecule has 0 unspecified atom stereocenters. The number of aliphatic hydroxyl groups is 1. The first-order valence-corrected chi connectivity index (χ1v) is 3.51. The molecule has 0 bridgehead atoms. The van der Waals surface area contributed by atoms with Crippen molar-refractivity contribution in [3.05, 3.63) is 0 Å². The summed E-state index contributed by atoms with van der Waals surface area (Å²) in [7, 11) is 0.500. The zero-order valence-corrected chi connectivity index (χ0v) is 7.46. The molecule has 0 saturated heterocycles. The minimum atomic E-state index is -3.47. The van der Waals surface area contributed by atoms with Crippen molar-refractivity contribution >= 4 is 0 Å². The molecule has 82 valence electrons. The number of alkyl halides is 5. The molecule has 0 aromatic rings. The summed E-state index contributed by atoms with van der Waals surface area (Å²) >= 11 is 0. The van der Waals surface area contributed by atoms with Crippen LogP contribution in [0.15, 0.2) is 0 Å². The largest absolute Gasteiger partial charge is 0.396 e. The molecule has 1 nitrogen and oxygen atoms in total. The Balaban J connectivity index is 0. The summed E-state index contributed by atoms with van der Waals surface area (Å²) in [5.74, 6) is -6.84. The van der Waals surface area contributed by atoms with Crippen molar-refractivity contribution < 1.29 is 27.1 Å². The predicted molar refractivity (Wildman–Crippen MR) is 38.9 cm³/mol. The number of aliphatic hydroxyl groups excluding tert-OH is 1. The van der Waals surface area contributed by atoms with Gasteiger partial charge in [0.15, 0.2) is 0 Å². The molecule has 0 spiro atoms. The second kappa shape index (κ2) is 6.12. The SMILES string of the molecule is CC(F)(F)CC(F)(F)CCO.CF. The van der Waals surface area contributed by atoms with Crippen LogP contribution in [0.2, 0.25) is 0 Å². The second-order valence-electron chi connectivity index (χ2n) is 2.58. The van der Waals surface area contributed by atoms with Crippen LogP contribution in [0.3, 0.4) is 0 Å². The molecular formula is C7H13F5O. The summed E-state index contributed by atoms with van der Waals surface area (Å²) in [6, 6.07) is 0. The van der Waals surface area contributed by atoms with Crippen molar-refractivity contribution in [2.24, 2.45) is 0 Å². The molecule has 0 atom stereocenters. The highest BCUT2D eigenvalue weighted by Gasteiger charge is 2.39. The maximum absolute atomic E-state index is 12.3. The maximum atomic E-state index is 12.3. The minimum Gasteiger partial charge on any atom is -0.396 e. The third kappa shape index (κ3) is 11.6. The van der Waals surface area contributed by atoms with Crippen molar-refractivity contribution in [2.75, 3.05) is 13.8 Å². The van der Waals surface area contributed by atoms with Crippen LogP contribution in [0.4, 0.5) is 22.0 Å². The van der Waals surface area contributed by atoms with E-state index in [9.17, 15) is 22.0 Å². The van der Waals surface area contributed by atoms with Crippen LogP contribution in [0, 0.1) is 0 Å². The van der Waals surface area contributed by atoms with Crippen molar-refractivity contribution in [3.8, 4) is 0 Å². The third-order valence-corrected chi connectivity index (χ3v) is 1.05. The Bertz CT molecular complexity index is 121. The van der Waals surface area contributed by atoms with E-state index in [1.54, 1.807) is 0 Å². The summed E-state index contributed by atoms with van der Waals surface area (Å²) in [6.07, 6.45) is -2.41. The van der Waals surface area contributed by atoms with Gasteiger partial charge >= 0.3 is 0 Å². The Hall–Kier alpha value is -0.390. The lowest BCUT2D eigenvalue weighted by Crippen LogP contribution is -2.27. The van der Waals surface area contributed by atoms with E-state index in [1.807, 2.05) is 0 Å². The van der Waals surface area contributed by atoms with E-state index in [0.29, 0.717) is 14.1 Å². The van der Waals surface area contributed by atoms with Crippen LogP contribution in [0.1, 0.15) is 19.8 Å². The van der Waals surface area contributed by atoms with E-state index in [0.717, 1.165) is 0 Å². The fourth-order valence-electron chi connectivity index (χ4n) is 0.706. The smallest absolute Gasteiger partial charge is 0.256 e. The first-order chi connectivity index (χ1) is 5.77. The van der Waals surface area contributed by atoms with Crippen LogP contribution < -0.4 is 0 Å². The van der Waals surface area contributed by atoms with E-state index in [2.05, 4.69) is 0 Å². The molecule has 0 radical (unpaired) electrons. The molecule has 0 amide bonds. The Morgan fingerprint density at radius 2 is 1.46 bits per heavy atom. The van der Waals surface area contributed by atoms with Gasteiger partial charge in [0.05, 0.1) is 13.6 Å². The van der Waals surface area contributed by atoms with E-state index in [1.165, 1.54) is 0 Å². The number of halogens is 5. The average Bonchev–Trinajstić information content (AvgIpc) is 1.85. The van der Waals surface area contributed by atoms with Crippen LogP contribution >= 0.6 is 0 Å². The van der Waals surface area contributed by atoms with Gasteiger partial charge in [-0.2, -0.15) is 0 Å². The molecule has 0 rings (SSSR count). The van der Waals surface area contributed by atoms with Gasteiger partial charge in [-0.05, 0) is 6.92 Å². The molecule has 6 heteroatoms. The maximum Gasteiger partial charge on any atom is 0.256 e. The lowest BCUT2D eigenvalue weighted by atomic mass is 10.1. The van der Waals surface area contributed by atoms with Gasteiger partial charge in [0.25, 0.3) is 11.8 Å². The monoisotopic (exact) mass is 208 g/mol. The topological polar surface area (TPSA) is 20.2 Å². The predicted octanol–water partition coefficient (Wildman–Crippen LogP) is 2.64. The summed E-state index contributed by atoms with van der Waals surface area (Å²) in [4.78, 5) is 0. The minimum absolute atomic E-state index is 0.429. The van der Waals surface area contributed by atoms with E-state index in [4.69, 9.17) is 5.11 Å². The van der Waals surface area contributed by atoms with Crippen LogP contribution in [0.5, 0.6) is 0 Å². The Labute approximate surface area is 73.6 Å². The van der Waals surface area contributed by atoms with Crippen LogP contribution in [-0.4, -0.2) is 30.7 Å². The van der Waals surface area contributed by atoms with E-state index >= 15 is 0 Å². The normalized spacial score (nSPS) is 12.0. The van der Waals surface area contributed by atoms with Gasteiger partial charge in [-0.1, -0.05) is 0 Å². The molecule has 0 fully saturated rings. The van der Waals surface area contributed by atoms with E-state index in [-0.39, 0.29) is 0 Å². The third-order valence-electron chi connectivity index (χ3n) is 1.05. The Kier molecular flexibility index (Phi) is 7.11. The van der Waals surface area contributed by atoms with Gasteiger partial charge in [-0.25, -0.2) is 17.6 Å². The second-order valence-corrected chi connectivity index (χ2v) is 2.58.